The van der Waals surface area contributed by atoms with Crippen LogP contribution in [0.5, 0.6) is 5.75 Å². The predicted molar refractivity (Wildman–Crippen MR) is 80.9 cm³/mol. The van der Waals surface area contributed by atoms with Crippen molar-refractivity contribution in [2.75, 3.05) is 11.1 Å². The first kappa shape index (κ1) is 13.0. The van der Waals surface area contributed by atoms with E-state index in [9.17, 15) is 9.90 Å². The summed E-state index contributed by atoms with van der Waals surface area (Å²) in [7, 11) is 0. The van der Waals surface area contributed by atoms with Gasteiger partial charge in [0.2, 0.25) is 5.91 Å². The number of benzene rings is 2. The number of hydrogen-bond donors (Lipinski definition) is 4. The zero-order valence-electron chi connectivity index (χ0n) is 11.1. The number of anilines is 2. The van der Waals surface area contributed by atoms with Crippen LogP contribution in [-0.4, -0.2) is 21.2 Å². The van der Waals surface area contributed by atoms with Crippen LogP contribution in [0.3, 0.4) is 0 Å². The minimum absolute atomic E-state index is 0.137. The fourth-order valence-corrected chi connectivity index (χ4v) is 2.12. The van der Waals surface area contributed by atoms with E-state index in [1.807, 2.05) is 6.07 Å². The molecule has 1 amide bonds. The maximum Gasteiger partial charge on any atom is 0.228 e. The number of carbonyl (C=O) groups is 1. The number of nitrogens with one attached hydrogen (secondary N) is 2. The summed E-state index contributed by atoms with van der Waals surface area (Å²) in [4.78, 5) is 12.0. The van der Waals surface area contributed by atoms with Crippen LogP contribution in [0.1, 0.15) is 5.56 Å². The molecule has 5 N–H and O–H groups in total. The first-order chi connectivity index (χ1) is 10.1. The molecule has 0 atom stereocenters. The third kappa shape index (κ3) is 2.79. The first-order valence-electron chi connectivity index (χ1n) is 6.43. The number of fused-ring (bicyclic) bond motifs is 1. The fraction of sp³-hybridized carbons (Fsp3) is 0.0667. The lowest BCUT2D eigenvalue weighted by atomic mass is 10.1. The van der Waals surface area contributed by atoms with E-state index < -0.39 is 0 Å². The van der Waals surface area contributed by atoms with Gasteiger partial charge in [0.05, 0.1) is 11.9 Å². The van der Waals surface area contributed by atoms with Gasteiger partial charge in [0.15, 0.2) is 5.82 Å². The van der Waals surface area contributed by atoms with Crippen LogP contribution >= 0.6 is 0 Å². The van der Waals surface area contributed by atoms with Crippen molar-refractivity contribution in [3.05, 3.63) is 48.0 Å². The van der Waals surface area contributed by atoms with E-state index in [0.717, 1.165) is 16.5 Å². The molecule has 0 spiro atoms. The topological polar surface area (TPSA) is 104 Å². The highest BCUT2D eigenvalue weighted by Gasteiger charge is 2.07. The van der Waals surface area contributed by atoms with Crippen molar-refractivity contribution in [3.8, 4) is 5.75 Å². The van der Waals surface area contributed by atoms with Crippen LogP contribution in [0.25, 0.3) is 10.9 Å². The molecule has 0 saturated heterocycles. The highest BCUT2D eigenvalue weighted by molar-refractivity contribution is 5.97. The number of phenolic OH excluding ortho intramolecular Hbond substituents is 1. The highest BCUT2D eigenvalue weighted by Crippen LogP contribution is 2.22. The molecule has 0 radical (unpaired) electrons. The minimum Gasteiger partial charge on any atom is -0.508 e. The molecule has 0 aliphatic heterocycles. The molecule has 1 heterocycles. The molecular formula is C15H14N4O2. The summed E-state index contributed by atoms with van der Waals surface area (Å²) in [6.45, 7) is 0. The molecule has 6 heteroatoms. The number of aromatic hydroxyl groups is 1. The number of carbonyl (C=O) groups excluding carboxylic acids is 1. The quantitative estimate of drug-likeness (QED) is 0.590. The Morgan fingerprint density at radius 1 is 1.24 bits per heavy atom. The predicted octanol–water partition coefficient (Wildman–Crippen LogP) is 2.03. The molecule has 0 aliphatic rings. The molecule has 0 unspecified atom stereocenters. The van der Waals surface area contributed by atoms with E-state index >= 15 is 0 Å². The van der Waals surface area contributed by atoms with Crippen molar-refractivity contribution in [3.63, 3.8) is 0 Å². The molecule has 106 valence electrons. The summed E-state index contributed by atoms with van der Waals surface area (Å²) < 4.78 is 0. The van der Waals surface area contributed by atoms with Gasteiger partial charge in [0.25, 0.3) is 0 Å². The van der Waals surface area contributed by atoms with Crippen LogP contribution in [0, 0.1) is 0 Å². The van der Waals surface area contributed by atoms with Crippen molar-refractivity contribution in [2.45, 2.75) is 6.42 Å². The second-order valence-electron chi connectivity index (χ2n) is 4.76. The number of rotatable bonds is 3. The van der Waals surface area contributed by atoms with Crippen molar-refractivity contribution in [1.82, 2.24) is 10.2 Å². The highest BCUT2D eigenvalue weighted by atomic mass is 16.3. The number of hydrogen-bond acceptors (Lipinski definition) is 4. The Hall–Kier alpha value is -3.02. The van der Waals surface area contributed by atoms with Crippen LogP contribution in [-0.2, 0) is 11.2 Å². The molecule has 0 aliphatic carbocycles. The van der Waals surface area contributed by atoms with Gasteiger partial charge < -0.3 is 16.2 Å². The Morgan fingerprint density at radius 2 is 2.00 bits per heavy atom. The fourth-order valence-electron chi connectivity index (χ4n) is 2.12. The third-order valence-corrected chi connectivity index (χ3v) is 3.18. The van der Waals surface area contributed by atoms with E-state index in [4.69, 9.17) is 5.73 Å². The number of phenols is 1. The second-order valence-corrected chi connectivity index (χ2v) is 4.76. The Balaban J connectivity index is 1.73. The maximum absolute atomic E-state index is 12.0. The zero-order valence-corrected chi connectivity index (χ0v) is 11.1. The summed E-state index contributed by atoms with van der Waals surface area (Å²) in [6.07, 6.45) is 0.235. The number of nitrogens with two attached hydrogens (primary N) is 1. The van der Waals surface area contributed by atoms with Gasteiger partial charge in [-0.15, -0.1) is 0 Å². The molecule has 3 rings (SSSR count). The van der Waals surface area contributed by atoms with Crippen molar-refractivity contribution < 1.29 is 9.90 Å². The average molecular weight is 282 g/mol. The van der Waals surface area contributed by atoms with E-state index in [1.165, 1.54) is 0 Å². The summed E-state index contributed by atoms with van der Waals surface area (Å²) in [5.41, 5.74) is 8.05. The molecule has 6 nitrogen and oxygen atoms in total. The average Bonchev–Trinajstić information content (AvgIpc) is 2.83. The molecule has 3 aromatic rings. The summed E-state index contributed by atoms with van der Waals surface area (Å²) in [5, 5.41) is 19.5. The van der Waals surface area contributed by atoms with Gasteiger partial charge in [-0.05, 0) is 35.9 Å². The van der Waals surface area contributed by atoms with Gasteiger partial charge in [0.1, 0.15) is 5.75 Å². The van der Waals surface area contributed by atoms with Gasteiger partial charge in [-0.1, -0.05) is 12.1 Å². The van der Waals surface area contributed by atoms with Crippen LogP contribution in [0.2, 0.25) is 0 Å². The van der Waals surface area contributed by atoms with Crippen molar-refractivity contribution >= 4 is 28.3 Å². The molecule has 0 fully saturated rings. The number of nitrogen functional groups attached to an aromatic ring is 1. The van der Waals surface area contributed by atoms with Crippen LogP contribution in [0.15, 0.2) is 42.5 Å². The van der Waals surface area contributed by atoms with Crippen LogP contribution in [0.4, 0.5) is 11.5 Å². The lowest BCUT2D eigenvalue weighted by molar-refractivity contribution is -0.115. The van der Waals surface area contributed by atoms with Crippen molar-refractivity contribution in [2.24, 2.45) is 0 Å². The molecule has 21 heavy (non-hydrogen) atoms. The zero-order chi connectivity index (χ0) is 14.8. The van der Waals surface area contributed by atoms with E-state index in [0.29, 0.717) is 11.5 Å². The summed E-state index contributed by atoms with van der Waals surface area (Å²) in [6, 6.07) is 11.9. The maximum atomic E-state index is 12.0. The molecule has 0 bridgehead atoms. The van der Waals surface area contributed by atoms with Gasteiger partial charge in [-0.3, -0.25) is 9.89 Å². The molecule has 2 aromatic carbocycles. The molecular weight excluding hydrogens is 268 g/mol. The molecule has 1 aromatic heterocycles. The molecule has 0 saturated carbocycles. The number of aromatic amines is 1. The van der Waals surface area contributed by atoms with E-state index in [2.05, 4.69) is 15.5 Å². The Labute approximate surface area is 120 Å². The smallest absolute Gasteiger partial charge is 0.228 e. The standard InChI is InChI=1S/C15H14N4O2/c16-15-12-8-10(3-6-13(12)18-19-15)17-14(21)7-9-1-4-11(20)5-2-9/h1-6,8,20H,7H2,(H,17,21)(H3,16,18,19). The van der Waals surface area contributed by atoms with Crippen molar-refractivity contribution in [1.29, 1.82) is 0 Å². The largest absolute Gasteiger partial charge is 0.508 e. The Morgan fingerprint density at radius 3 is 2.76 bits per heavy atom. The minimum atomic E-state index is -0.137. The van der Waals surface area contributed by atoms with Gasteiger partial charge >= 0.3 is 0 Å². The lowest BCUT2D eigenvalue weighted by Gasteiger charge is -2.06. The van der Waals surface area contributed by atoms with Gasteiger partial charge in [-0.2, -0.15) is 5.10 Å². The van der Waals surface area contributed by atoms with E-state index in [1.54, 1.807) is 36.4 Å². The second kappa shape index (κ2) is 5.16. The van der Waals surface area contributed by atoms with Gasteiger partial charge in [0, 0.05) is 11.1 Å². The summed E-state index contributed by atoms with van der Waals surface area (Å²) >= 11 is 0. The Bertz CT molecular complexity index is 793. The lowest BCUT2D eigenvalue weighted by Crippen LogP contribution is -2.14. The van der Waals surface area contributed by atoms with Gasteiger partial charge in [-0.25, -0.2) is 0 Å². The van der Waals surface area contributed by atoms with E-state index in [-0.39, 0.29) is 18.1 Å². The first-order valence-corrected chi connectivity index (χ1v) is 6.43. The number of nitrogens with zero attached hydrogens (tertiary/aromatic N) is 1. The third-order valence-electron chi connectivity index (χ3n) is 3.18. The number of amides is 1. The SMILES string of the molecule is Nc1n[nH]c2ccc(NC(=O)Cc3ccc(O)cc3)cc12. The summed E-state index contributed by atoms with van der Waals surface area (Å²) in [5.74, 6) is 0.446. The normalized spacial score (nSPS) is 10.7. The number of H-pyrrole nitrogens is 1. The monoisotopic (exact) mass is 282 g/mol. The van der Waals surface area contributed by atoms with Crippen LogP contribution < -0.4 is 11.1 Å². The number of aromatic nitrogens is 2. The Kier molecular flexibility index (Phi) is 3.19.